The van der Waals surface area contributed by atoms with Crippen molar-refractivity contribution < 1.29 is 18.0 Å². The molecule has 0 aromatic heterocycles. The Hall–Kier alpha value is -1.45. The second-order valence-electron chi connectivity index (χ2n) is 5.16. The first-order valence-electron chi connectivity index (χ1n) is 7.07. The van der Waals surface area contributed by atoms with Crippen molar-refractivity contribution in [1.29, 1.82) is 0 Å². The lowest BCUT2D eigenvalue weighted by molar-refractivity contribution is -0.0258. The normalized spacial score (nSPS) is 11.6. The van der Waals surface area contributed by atoms with E-state index < -0.39 is 15.9 Å². The van der Waals surface area contributed by atoms with E-state index in [1.54, 1.807) is 12.1 Å². The molecule has 0 saturated carbocycles. The van der Waals surface area contributed by atoms with E-state index in [1.165, 1.54) is 32.4 Å². The van der Waals surface area contributed by atoms with Crippen molar-refractivity contribution >= 4 is 49.1 Å². The van der Waals surface area contributed by atoms with Gasteiger partial charge in [0.2, 0.25) is 0 Å². The Bertz CT molecular complexity index is 918. The van der Waals surface area contributed by atoms with Gasteiger partial charge in [0.1, 0.15) is 4.90 Å². The van der Waals surface area contributed by atoms with Crippen LogP contribution in [0.5, 0.6) is 0 Å². The van der Waals surface area contributed by atoms with Gasteiger partial charge in [-0.25, -0.2) is 8.42 Å². The minimum Gasteiger partial charge on any atom is -0.322 e. The zero-order valence-electron chi connectivity index (χ0n) is 13.7. The number of hydrogen-bond acceptors (Lipinski definition) is 4. The molecule has 9 heteroatoms. The molecule has 0 fully saturated rings. The van der Waals surface area contributed by atoms with E-state index in [2.05, 4.69) is 21.2 Å². The van der Waals surface area contributed by atoms with Crippen molar-refractivity contribution in [3.05, 3.63) is 57.0 Å². The third-order valence-electron chi connectivity index (χ3n) is 3.50. The number of hydroxylamine groups is 1. The monoisotopic (exact) mass is 446 g/mol. The molecule has 0 saturated heterocycles. The van der Waals surface area contributed by atoms with Crippen LogP contribution in [-0.4, -0.2) is 33.0 Å². The Balaban J connectivity index is 2.35. The lowest BCUT2D eigenvalue weighted by Gasteiger charge is -2.16. The number of anilines is 1. The molecule has 0 spiro atoms. The summed E-state index contributed by atoms with van der Waals surface area (Å²) in [4.78, 5) is 16.9. The number of halogens is 2. The standard InChI is InChI=1S/C16H16BrClN2O4S/c1-10-4-6-12(9-13(10)17)19-16(21)11-5-7-14(18)15(8-11)25(22,23)20(2)24-3/h4-9H,1-3H3,(H,19,21). The van der Waals surface area contributed by atoms with E-state index in [4.69, 9.17) is 16.4 Å². The van der Waals surface area contributed by atoms with E-state index in [1.807, 2.05) is 13.0 Å². The molecule has 2 aromatic carbocycles. The van der Waals surface area contributed by atoms with Crippen molar-refractivity contribution in [2.24, 2.45) is 0 Å². The number of hydrogen-bond donors (Lipinski definition) is 1. The highest BCUT2D eigenvalue weighted by Crippen LogP contribution is 2.26. The van der Waals surface area contributed by atoms with Gasteiger partial charge in [-0.15, -0.1) is 0 Å². The summed E-state index contributed by atoms with van der Waals surface area (Å²) < 4.78 is 26.3. The zero-order valence-corrected chi connectivity index (χ0v) is 16.9. The van der Waals surface area contributed by atoms with E-state index >= 15 is 0 Å². The van der Waals surface area contributed by atoms with Gasteiger partial charge >= 0.3 is 0 Å². The molecule has 2 rings (SSSR count). The molecule has 0 radical (unpaired) electrons. The molecule has 0 atom stereocenters. The fourth-order valence-electron chi connectivity index (χ4n) is 1.95. The van der Waals surface area contributed by atoms with Gasteiger partial charge in [-0.2, -0.15) is 0 Å². The summed E-state index contributed by atoms with van der Waals surface area (Å²) in [6.07, 6.45) is 0. The van der Waals surface area contributed by atoms with Gasteiger partial charge in [-0.1, -0.05) is 38.1 Å². The highest BCUT2D eigenvalue weighted by Gasteiger charge is 2.25. The molecule has 2 aromatic rings. The maximum atomic E-state index is 12.4. The highest BCUT2D eigenvalue weighted by atomic mass is 79.9. The Morgan fingerprint density at radius 3 is 2.52 bits per heavy atom. The summed E-state index contributed by atoms with van der Waals surface area (Å²) in [5, 5.41) is 2.71. The number of aryl methyl sites for hydroxylation is 1. The van der Waals surface area contributed by atoms with Gasteiger partial charge in [0, 0.05) is 22.8 Å². The molecule has 0 bridgehead atoms. The van der Waals surface area contributed by atoms with Crippen LogP contribution in [0.1, 0.15) is 15.9 Å². The first-order valence-corrected chi connectivity index (χ1v) is 9.68. The van der Waals surface area contributed by atoms with Crippen LogP contribution in [-0.2, 0) is 14.9 Å². The molecule has 1 N–H and O–H groups in total. The van der Waals surface area contributed by atoms with Crippen molar-refractivity contribution in [3.63, 3.8) is 0 Å². The molecular weight excluding hydrogens is 432 g/mol. The predicted molar refractivity (Wildman–Crippen MR) is 100 cm³/mol. The smallest absolute Gasteiger partial charge is 0.266 e. The number of sulfonamides is 1. The van der Waals surface area contributed by atoms with E-state index in [0.29, 0.717) is 10.2 Å². The van der Waals surface area contributed by atoms with Gasteiger partial charge in [-0.05, 0) is 42.8 Å². The van der Waals surface area contributed by atoms with Crippen LogP contribution in [0.2, 0.25) is 5.02 Å². The Morgan fingerprint density at radius 2 is 1.92 bits per heavy atom. The lowest BCUT2D eigenvalue weighted by Crippen LogP contribution is -2.26. The summed E-state index contributed by atoms with van der Waals surface area (Å²) >= 11 is 9.38. The van der Waals surface area contributed by atoms with Gasteiger partial charge < -0.3 is 5.32 Å². The fourth-order valence-corrected chi connectivity index (χ4v) is 3.81. The van der Waals surface area contributed by atoms with Gasteiger partial charge in [0.25, 0.3) is 15.9 Å². The fraction of sp³-hybridized carbons (Fsp3) is 0.188. The molecule has 134 valence electrons. The van der Waals surface area contributed by atoms with Crippen LogP contribution in [0.4, 0.5) is 5.69 Å². The van der Waals surface area contributed by atoms with Crippen LogP contribution in [0.3, 0.4) is 0 Å². The molecule has 1 amide bonds. The van der Waals surface area contributed by atoms with Crippen molar-refractivity contribution in [3.8, 4) is 0 Å². The summed E-state index contributed by atoms with van der Waals surface area (Å²) in [7, 11) is -1.51. The molecule has 0 aliphatic carbocycles. The van der Waals surface area contributed by atoms with Crippen LogP contribution in [0.15, 0.2) is 45.8 Å². The third-order valence-corrected chi connectivity index (χ3v) is 6.51. The average Bonchev–Trinajstić information content (AvgIpc) is 2.57. The van der Waals surface area contributed by atoms with E-state index in [9.17, 15) is 13.2 Å². The Kier molecular flexibility index (Phi) is 6.23. The molecule has 25 heavy (non-hydrogen) atoms. The predicted octanol–water partition coefficient (Wildman–Crippen LogP) is 3.85. The SMILES string of the molecule is CON(C)S(=O)(=O)c1cc(C(=O)Nc2ccc(C)c(Br)c2)ccc1Cl. The van der Waals surface area contributed by atoms with Crippen molar-refractivity contribution in [2.45, 2.75) is 11.8 Å². The van der Waals surface area contributed by atoms with E-state index in [0.717, 1.165) is 10.0 Å². The molecule has 0 heterocycles. The molecule has 0 aliphatic heterocycles. The maximum Gasteiger partial charge on any atom is 0.266 e. The van der Waals surface area contributed by atoms with Crippen LogP contribution in [0.25, 0.3) is 0 Å². The average molecular weight is 448 g/mol. The maximum absolute atomic E-state index is 12.4. The summed E-state index contributed by atoms with van der Waals surface area (Å²) in [5.74, 6) is -0.455. The van der Waals surface area contributed by atoms with Gasteiger partial charge in [-0.3, -0.25) is 9.63 Å². The number of rotatable bonds is 5. The minimum absolute atomic E-state index is 0.00136. The number of nitrogens with zero attached hydrogens (tertiary/aromatic N) is 1. The van der Waals surface area contributed by atoms with Crippen LogP contribution >= 0.6 is 27.5 Å². The minimum atomic E-state index is -3.97. The first kappa shape index (κ1) is 19.9. The number of carbonyl (C=O) groups is 1. The quantitative estimate of drug-likeness (QED) is 0.707. The number of nitrogens with one attached hydrogen (secondary N) is 1. The van der Waals surface area contributed by atoms with Gasteiger partial charge in [0.05, 0.1) is 12.1 Å². The van der Waals surface area contributed by atoms with Crippen LogP contribution < -0.4 is 5.32 Å². The summed E-state index contributed by atoms with van der Waals surface area (Å²) in [6, 6.07) is 9.39. The summed E-state index contributed by atoms with van der Waals surface area (Å²) in [5.41, 5.74) is 1.76. The van der Waals surface area contributed by atoms with Crippen molar-refractivity contribution in [2.75, 3.05) is 19.5 Å². The van der Waals surface area contributed by atoms with Gasteiger partial charge in [0.15, 0.2) is 0 Å². The zero-order chi connectivity index (χ0) is 18.8. The summed E-state index contributed by atoms with van der Waals surface area (Å²) in [6.45, 7) is 1.93. The Morgan fingerprint density at radius 1 is 1.24 bits per heavy atom. The molecule has 6 nitrogen and oxygen atoms in total. The Labute approximate surface area is 159 Å². The third kappa shape index (κ3) is 4.39. The largest absolute Gasteiger partial charge is 0.322 e. The van der Waals surface area contributed by atoms with Crippen LogP contribution in [0, 0.1) is 6.92 Å². The topological polar surface area (TPSA) is 75.7 Å². The second-order valence-corrected chi connectivity index (χ2v) is 8.33. The first-order chi connectivity index (χ1) is 11.7. The molecule has 0 aliphatic rings. The number of carbonyl (C=O) groups excluding carboxylic acids is 1. The second kappa shape index (κ2) is 7.84. The molecular formula is C16H16BrClN2O4S. The van der Waals surface area contributed by atoms with Crippen molar-refractivity contribution in [1.82, 2.24) is 4.47 Å². The number of amides is 1. The number of benzene rings is 2. The highest BCUT2D eigenvalue weighted by molar-refractivity contribution is 9.10. The lowest BCUT2D eigenvalue weighted by atomic mass is 10.2. The molecule has 0 unspecified atom stereocenters. The van der Waals surface area contributed by atoms with E-state index in [-0.39, 0.29) is 15.5 Å².